The maximum atomic E-state index is 12.0. The van der Waals surface area contributed by atoms with Crippen LogP contribution in [0.5, 0.6) is 0 Å². The molecule has 0 aromatic carbocycles. The van der Waals surface area contributed by atoms with Crippen molar-refractivity contribution in [1.82, 2.24) is 0 Å². The summed E-state index contributed by atoms with van der Waals surface area (Å²) in [7, 11) is 0. The van der Waals surface area contributed by atoms with Gasteiger partial charge in [0.25, 0.3) is 0 Å². The molecule has 0 spiro atoms. The summed E-state index contributed by atoms with van der Waals surface area (Å²) in [5.41, 5.74) is 0. The van der Waals surface area contributed by atoms with Gasteiger partial charge >= 0.3 is 11.9 Å². The Morgan fingerprint density at radius 3 is 2.37 bits per heavy atom. The number of hydrogen-bond acceptors (Lipinski definition) is 3. The number of carboxylic acid groups (broad SMARTS) is 1. The van der Waals surface area contributed by atoms with E-state index in [9.17, 15) is 9.59 Å². The Bertz CT molecular complexity index is 363. The van der Waals surface area contributed by atoms with Crippen LogP contribution in [0.3, 0.4) is 0 Å². The van der Waals surface area contributed by atoms with E-state index in [1.807, 2.05) is 0 Å². The molecule has 2 saturated carbocycles. The van der Waals surface area contributed by atoms with Crippen molar-refractivity contribution >= 4 is 11.9 Å². The summed E-state index contributed by atoms with van der Waals surface area (Å²) in [5.74, 6) is -0.575. The fourth-order valence-corrected chi connectivity index (χ4v) is 3.22. The summed E-state index contributed by atoms with van der Waals surface area (Å²) in [4.78, 5) is 22.8. The van der Waals surface area contributed by atoms with E-state index < -0.39 is 17.8 Å². The molecule has 0 radical (unpaired) electrons. The molecule has 2 rings (SSSR count). The second kappa shape index (κ2) is 5.51. The Morgan fingerprint density at radius 2 is 1.84 bits per heavy atom. The lowest BCUT2D eigenvalue weighted by Crippen LogP contribution is -2.36. The lowest BCUT2D eigenvalue weighted by Gasteiger charge is -2.36. The zero-order valence-corrected chi connectivity index (χ0v) is 12.0. The van der Waals surface area contributed by atoms with Crippen LogP contribution in [0.2, 0.25) is 0 Å². The Morgan fingerprint density at radius 1 is 1.16 bits per heavy atom. The van der Waals surface area contributed by atoms with Crippen molar-refractivity contribution in [1.29, 1.82) is 0 Å². The number of rotatable bonds is 4. The molecule has 0 aliphatic heterocycles. The van der Waals surface area contributed by atoms with E-state index in [0.717, 1.165) is 12.8 Å². The van der Waals surface area contributed by atoms with Crippen LogP contribution < -0.4 is 0 Å². The third-order valence-corrected chi connectivity index (χ3v) is 4.64. The summed E-state index contributed by atoms with van der Waals surface area (Å²) < 4.78 is 5.64. The lowest BCUT2D eigenvalue weighted by molar-refractivity contribution is -0.159. The van der Waals surface area contributed by atoms with Crippen LogP contribution in [0.1, 0.15) is 46.5 Å². The largest absolute Gasteiger partial charge is 0.481 e. The predicted octanol–water partition coefficient (Wildman–Crippen LogP) is 2.71. The maximum Gasteiger partial charge on any atom is 0.310 e. The van der Waals surface area contributed by atoms with Crippen molar-refractivity contribution in [3.05, 3.63) is 0 Å². The lowest BCUT2D eigenvalue weighted by atomic mass is 9.75. The van der Waals surface area contributed by atoms with Crippen molar-refractivity contribution in [3.8, 4) is 0 Å². The molecule has 108 valence electrons. The van der Waals surface area contributed by atoms with Gasteiger partial charge in [0.1, 0.15) is 6.10 Å². The van der Waals surface area contributed by atoms with Crippen LogP contribution in [0.25, 0.3) is 0 Å². The van der Waals surface area contributed by atoms with Crippen molar-refractivity contribution in [3.63, 3.8) is 0 Å². The number of hydrogen-bond donors (Lipinski definition) is 1. The second-order valence-electron chi connectivity index (χ2n) is 6.59. The van der Waals surface area contributed by atoms with E-state index in [4.69, 9.17) is 9.84 Å². The molecule has 0 amide bonds. The smallest absolute Gasteiger partial charge is 0.310 e. The molecule has 4 nitrogen and oxygen atoms in total. The zero-order chi connectivity index (χ0) is 14.2. The minimum Gasteiger partial charge on any atom is -0.481 e. The highest BCUT2D eigenvalue weighted by molar-refractivity contribution is 5.86. The summed E-state index contributed by atoms with van der Waals surface area (Å²) in [6.45, 7) is 6.52. The molecule has 4 heteroatoms. The summed E-state index contributed by atoms with van der Waals surface area (Å²) >= 11 is 0. The number of carbonyl (C=O) groups is 2. The first-order valence-corrected chi connectivity index (χ1v) is 7.33. The van der Waals surface area contributed by atoms with E-state index in [2.05, 4.69) is 20.8 Å². The van der Waals surface area contributed by atoms with E-state index in [0.29, 0.717) is 24.2 Å². The van der Waals surface area contributed by atoms with Gasteiger partial charge in [-0.25, -0.2) is 0 Å². The molecular weight excluding hydrogens is 244 g/mol. The predicted molar refractivity (Wildman–Crippen MR) is 70.5 cm³/mol. The van der Waals surface area contributed by atoms with E-state index in [-0.39, 0.29) is 12.1 Å². The van der Waals surface area contributed by atoms with Crippen molar-refractivity contribution in [2.24, 2.45) is 29.6 Å². The maximum absolute atomic E-state index is 12.0. The van der Waals surface area contributed by atoms with Crippen molar-refractivity contribution < 1.29 is 19.4 Å². The molecule has 1 N–H and O–H groups in total. The third kappa shape index (κ3) is 3.28. The molecule has 19 heavy (non-hydrogen) atoms. The fourth-order valence-electron chi connectivity index (χ4n) is 3.22. The fraction of sp³-hybridized carbons (Fsp3) is 0.867. The number of carbonyl (C=O) groups excluding carboxylic acids is 1. The van der Waals surface area contributed by atoms with E-state index in [1.54, 1.807) is 0 Å². The highest BCUT2D eigenvalue weighted by Crippen LogP contribution is 2.42. The molecular formula is C15H24O4. The van der Waals surface area contributed by atoms with Crippen LogP contribution >= 0.6 is 0 Å². The number of aliphatic carboxylic acids is 1. The highest BCUT2D eigenvalue weighted by atomic mass is 16.5. The van der Waals surface area contributed by atoms with Gasteiger partial charge in [0.2, 0.25) is 0 Å². The van der Waals surface area contributed by atoms with E-state index >= 15 is 0 Å². The number of ether oxygens (including phenoxy) is 1. The molecule has 2 aliphatic carbocycles. The Labute approximate surface area is 114 Å². The van der Waals surface area contributed by atoms with Gasteiger partial charge in [0, 0.05) is 0 Å². The van der Waals surface area contributed by atoms with E-state index in [1.165, 1.54) is 6.42 Å². The molecule has 5 atom stereocenters. The van der Waals surface area contributed by atoms with Crippen LogP contribution in [0, 0.1) is 29.6 Å². The zero-order valence-electron chi connectivity index (χ0n) is 12.0. The van der Waals surface area contributed by atoms with Gasteiger partial charge < -0.3 is 9.84 Å². The molecule has 3 unspecified atom stereocenters. The van der Waals surface area contributed by atoms with Crippen LogP contribution in [0.15, 0.2) is 0 Å². The molecule has 2 aliphatic rings. The number of carboxylic acids is 1. The van der Waals surface area contributed by atoms with Crippen molar-refractivity contribution in [2.75, 3.05) is 0 Å². The standard InChI is InChI=1S/C15H24O4/c1-8(2)10-5-4-9(3)6-13(10)19-15(18)12-7-11(12)14(16)17/h8-13H,4-7H2,1-3H3,(H,16,17)/t9?,10?,11-,12-,13?/m0/s1. The minimum atomic E-state index is -0.876. The normalized spacial score (nSPS) is 38.0. The van der Waals surface area contributed by atoms with Crippen LogP contribution in [-0.4, -0.2) is 23.1 Å². The van der Waals surface area contributed by atoms with Crippen LogP contribution in [-0.2, 0) is 14.3 Å². The van der Waals surface area contributed by atoms with Gasteiger partial charge in [0.15, 0.2) is 0 Å². The van der Waals surface area contributed by atoms with Gasteiger partial charge in [-0.3, -0.25) is 9.59 Å². The molecule has 0 aromatic rings. The first kappa shape index (κ1) is 14.4. The van der Waals surface area contributed by atoms with Crippen LogP contribution in [0.4, 0.5) is 0 Å². The quantitative estimate of drug-likeness (QED) is 0.796. The average molecular weight is 268 g/mol. The minimum absolute atomic E-state index is 0.0219. The Kier molecular flexibility index (Phi) is 4.16. The third-order valence-electron chi connectivity index (χ3n) is 4.64. The molecule has 0 saturated heterocycles. The Hall–Kier alpha value is -1.06. The van der Waals surface area contributed by atoms with Gasteiger partial charge in [-0.05, 0) is 37.0 Å². The van der Waals surface area contributed by atoms with Gasteiger partial charge in [0.05, 0.1) is 11.8 Å². The molecule has 0 heterocycles. The number of esters is 1. The van der Waals surface area contributed by atoms with Gasteiger partial charge in [-0.15, -0.1) is 0 Å². The molecule has 0 aromatic heterocycles. The molecule has 2 fully saturated rings. The summed E-state index contributed by atoms with van der Waals surface area (Å²) in [5, 5.41) is 8.85. The first-order valence-electron chi connectivity index (χ1n) is 7.33. The summed E-state index contributed by atoms with van der Waals surface area (Å²) in [6, 6.07) is 0. The monoisotopic (exact) mass is 268 g/mol. The SMILES string of the molecule is CC1CCC(C(C)C)C(OC(=O)[C@H]2C[C@@H]2C(=O)O)C1. The van der Waals surface area contributed by atoms with Crippen molar-refractivity contribution in [2.45, 2.75) is 52.6 Å². The Balaban J connectivity index is 1.92. The summed E-state index contributed by atoms with van der Waals surface area (Å²) in [6.07, 6.45) is 3.63. The second-order valence-corrected chi connectivity index (χ2v) is 6.59. The van der Waals surface area contributed by atoms with Gasteiger partial charge in [-0.1, -0.05) is 27.2 Å². The first-order chi connectivity index (χ1) is 8.90. The average Bonchev–Trinajstić information content (AvgIpc) is 3.08. The highest BCUT2D eigenvalue weighted by Gasteiger charge is 2.50. The molecule has 0 bridgehead atoms. The van der Waals surface area contributed by atoms with Gasteiger partial charge in [-0.2, -0.15) is 0 Å². The topological polar surface area (TPSA) is 63.6 Å².